The average molecular weight is 367 g/mol. The highest BCUT2D eigenvalue weighted by Crippen LogP contribution is 2.26. The number of hydrogen-bond acceptors (Lipinski definition) is 4. The molecule has 25 heavy (non-hydrogen) atoms. The van der Waals surface area contributed by atoms with Crippen molar-refractivity contribution in [1.82, 2.24) is 0 Å². The van der Waals surface area contributed by atoms with Crippen LogP contribution in [0.4, 0.5) is 10.1 Å². The molecule has 0 aromatic heterocycles. The maximum atomic E-state index is 13.2. The van der Waals surface area contributed by atoms with Gasteiger partial charge < -0.3 is 9.84 Å². The van der Waals surface area contributed by atoms with Crippen molar-refractivity contribution in [3.63, 3.8) is 0 Å². The SMILES string of the molecule is COc1ccccc1C[C@@H](C(=O)O)N(c1ccc(F)cc1)S(C)(=O)=O. The van der Waals surface area contributed by atoms with Crippen LogP contribution in [0.1, 0.15) is 5.56 Å². The van der Waals surface area contributed by atoms with Crippen LogP contribution in [0.2, 0.25) is 0 Å². The van der Waals surface area contributed by atoms with Crippen LogP contribution in [0, 0.1) is 5.82 Å². The number of rotatable bonds is 7. The van der Waals surface area contributed by atoms with Gasteiger partial charge in [0.25, 0.3) is 0 Å². The van der Waals surface area contributed by atoms with Gasteiger partial charge in [-0.15, -0.1) is 0 Å². The lowest BCUT2D eigenvalue weighted by atomic mass is 10.0. The van der Waals surface area contributed by atoms with Crippen molar-refractivity contribution in [3.05, 3.63) is 59.9 Å². The first-order valence-corrected chi connectivity index (χ1v) is 9.18. The number of nitrogens with zero attached hydrogens (tertiary/aromatic N) is 1. The highest BCUT2D eigenvalue weighted by Gasteiger charge is 2.33. The average Bonchev–Trinajstić information content (AvgIpc) is 2.55. The topological polar surface area (TPSA) is 83.9 Å². The molecule has 0 aliphatic rings. The Morgan fingerprint density at radius 3 is 2.32 bits per heavy atom. The minimum atomic E-state index is -3.93. The molecule has 1 N–H and O–H groups in total. The van der Waals surface area contributed by atoms with Gasteiger partial charge in [0.05, 0.1) is 19.1 Å². The molecule has 8 heteroatoms. The third kappa shape index (κ3) is 4.48. The van der Waals surface area contributed by atoms with E-state index in [9.17, 15) is 22.7 Å². The van der Waals surface area contributed by atoms with Crippen LogP contribution in [-0.2, 0) is 21.2 Å². The number of hydrogen-bond donors (Lipinski definition) is 1. The minimum Gasteiger partial charge on any atom is -0.496 e. The van der Waals surface area contributed by atoms with E-state index >= 15 is 0 Å². The monoisotopic (exact) mass is 367 g/mol. The number of ether oxygens (including phenoxy) is 1. The molecule has 2 rings (SSSR count). The van der Waals surface area contributed by atoms with Crippen molar-refractivity contribution in [3.8, 4) is 5.75 Å². The third-order valence-corrected chi connectivity index (χ3v) is 4.79. The maximum Gasteiger partial charge on any atom is 0.327 e. The number of benzene rings is 2. The Morgan fingerprint density at radius 2 is 1.80 bits per heavy atom. The van der Waals surface area contributed by atoms with Crippen LogP contribution in [0.15, 0.2) is 48.5 Å². The second kappa shape index (κ2) is 7.52. The third-order valence-electron chi connectivity index (χ3n) is 3.61. The highest BCUT2D eigenvalue weighted by atomic mass is 32.2. The first kappa shape index (κ1) is 18.7. The molecular formula is C17H18FNO5S. The van der Waals surface area contributed by atoms with E-state index in [0.717, 1.165) is 22.7 Å². The first-order chi connectivity index (χ1) is 11.7. The predicted molar refractivity (Wildman–Crippen MR) is 91.8 cm³/mol. The van der Waals surface area contributed by atoms with Crippen molar-refractivity contribution in [2.24, 2.45) is 0 Å². The molecule has 0 radical (unpaired) electrons. The van der Waals surface area contributed by atoms with E-state index in [-0.39, 0.29) is 12.1 Å². The van der Waals surface area contributed by atoms with Gasteiger partial charge in [-0.05, 0) is 35.9 Å². The quantitative estimate of drug-likeness (QED) is 0.812. The first-order valence-electron chi connectivity index (χ1n) is 7.33. The molecule has 0 unspecified atom stereocenters. The van der Waals surface area contributed by atoms with Crippen LogP contribution in [0.5, 0.6) is 5.75 Å². The Kier molecular flexibility index (Phi) is 5.63. The summed E-state index contributed by atoms with van der Waals surface area (Å²) in [6, 6.07) is 9.98. The largest absolute Gasteiger partial charge is 0.496 e. The number of para-hydroxylation sites is 1. The Balaban J connectivity index is 2.50. The van der Waals surface area contributed by atoms with E-state index < -0.39 is 27.9 Å². The molecular weight excluding hydrogens is 349 g/mol. The summed E-state index contributed by atoms with van der Waals surface area (Å²) in [4.78, 5) is 11.8. The molecule has 0 saturated carbocycles. The maximum absolute atomic E-state index is 13.2. The lowest BCUT2D eigenvalue weighted by Crippen LogP contribution is -2.46. The van der Waals surface area contributed by atoms with Crippen LogP contribution in [-0.4, -0.2) is 38.9 Å². The van der Waals surface area contributed by atoms with Crippen LogP contribution < -0.4 is 9.04 Å². The Labute approximate surface area is 145 Å². The summed E-state index contributed by atoms with van der Waals surface area (Å²) in [7, 11) is -2.48. The lowest BCUT2D eigenvalue weighted by molar-refractivity contribution is -0.138. The summed E-state index contributed by atoms with van der Waals surface area (Å²) in [5.41, 5.74) is 0.624. The van der Waals surface area contributed by atoms with Gasteiger partial charge in [-0.25, -0.2) is 17.6 Å². The van der Waals surface area contributed by atoms with Gasteiger partial charge in [-0.1, -0.05) is 18.2 Å². The van der Waals surface area contributed by atoms with Crippen molar-refractivity contribution in [2.75, 3.05) is 17.7 Å². The second-order valence-electron chi connectivity index (χ2n) is 5.41. The van der Waals surface area contributed by atoms with E-state index in [1.807, 2.05) is 0 Å². The predicted octanol–water partition coefficient (Wildman–Crippen LogP) is 2.30. The molecule has 1 atom stereocenters. The number of sulfonamides is 1. The Hall–Kier alpha value is -2.61. The van der Waals surface area contributed by atoms with Crippen molar-refractivity contribution in [2.45, 2.75) is 12.5 Å². The zero-order chi connectivity index (χ0) is 18.6. The molecule has 0 bridgehead atoms. The molecule has 0 amide bonds. The molecule has 2 aromatic rings. The number of halogens is 1. The lowest BCUT2D eigenvalue weighted by Gasteiger charge is -2.29. The number of carboxylic acids is 1. The Bertz CT molecular complexity index is 852. The number of carbonyl (C=O) groups is 1. The number of carboxylic acid groups (broad SMARTS) is 1. The van der Waals surface area contributed by atoms with Crippen LogP contribution >= 0.6 is 0 Å². The van der Waals surface area contributed by atoms with Gasteiger partial charge in [0, 0.05) is 6.42 Å². The fraction of sp³-hybridized carbons (Fsp3) is 0.235. The zero-order valence-electron chi connectivity index (χ0n) is 13.7. The van der Waals surface area contributed by atoms with Crippen molar-refractivity contribution < 1.29 is 27.4 Å². The summed E-state index contributed by atoms with van der Waals surface area (Å²) in [5.74, 6) is -1.41. The molecule has 0 saturated heterocycles. The van der Waals surface area contributed by atoms with E-state index in [0.29, 0.717) is 11.3 Å². The van der Waals surface area contributed by atoms with E-state index in [4.69, 9.17) is 4.74 Å². The normalized spacial score (nSPS) is 12.4. The molecule has 0 spiro atoms. The van der Waals surface area contributed by atoms with Crippen LogP contribution in [0.25, 0.3) is 0 Å². The summed E-state index contributed by atoms with van der Waals surface area (Å²) in [6.45, 7) is 0. The van der Waals surface area contributed by atoms with Gasteiger partial charge in [-0.3, -0.25) is 4.31 Å². The fourth-order valence-electron chi connectivity index (χ4n) is 2.54. The van der Waals surface area contributed by atoms with Crippen molar-refractivity contribution >= 4 is 21.7 Å². The molecule has 0 fully saturated rings. The standard InChI is InChI=1S/C17H18FNO5S/c1-24-16-6-4-3-5-12(16)11-15(17(20)21)19(25(2,22)23)14-9-7-13(18)8-10-14/h3-10,15H,11H2,1-2H3,(H,20,21)/t15-/m0/s1. The van der Waals surface area contributed by atoms with Crippen LogP contribution in [0.3, 0.4) is 0 Å². The summed E-state index contributed by atoms with van der Waals surface area (Å²) in [6.07, 6.45) is 0.804. The zero-order valence-corrected chi connectivity index (χ0v) is 14.5. The molecule has 134 valence electrons. The number of methoxy groups -OCH3 is 1. The number of anilines is 1. The second-order valence-corrected chi connectivity index (χ2v) is 7.26. The number of aliphatic carboxylic acids is 1. The van der Waals surface area contributed by atoms with E-state index in [2.05, 4.69) is 0 Å². The summed E-state index contributed by atoms with van der Waals surface area (Å²) < 4.78 is 43.6. The van der Waals surface area contributed by atoms with Gasteiger partial charge in [0.1, 0.15) is 17.6 Å². The fourth-order valence-corrected chi connectivity index (χ4v) is 3.67. The van der Waals surface area contributed by atoms with Gasteiger partial charge in [-0.2, -0.15) is 0 Å². The van der Waals surface area contributed by atoms with Gasteiger partial charge in [0.2, 0.25) is 10.0 Å². The summed E-state index contributed by atoms with van der Waals surface area (Å²) in [5, 5.41) is 9.63. The minimum absolute atomic E-state index is 0.0752. The molecule has 2 aromatic carbocycles. The smallest absolute Gasteiger partial charge is 0.327 e. The molecule has 0 aliphatic heterocycles. The van der Waals surface area contributed by atoms with Crippen molar-refractivity contribution in [1.29, 1.82) is 0 Å². The Morgan fingerprint density at radius 1 is 1.20 bits per heavy atom. The van der Waals surface area contributed by atoms with Gasteiger partial charge in [0.15, 0.2) is 0 Å². The molecule has 6 nitrogen and oxygen atoms in total. The molecule has 0 aliphatic carbocycles. The van der Waals surface area contributed by atoms with Gasteiger partial charge >= 0.3 is 5.97 Å². The highest BCUT2D eigenvalue weighted by molar-refractivity contribution is 7.92. The van der Waals surface area contributed by atoms with E-state index in [1.165, 1.54) is 19.2 Å². The molecule has 0 heterocycles. The summed E-state index contributed by atoms with van der Waals surface area (Å²) >= 11 is 0. The van der Waals surface area contributed by atoms with E-state index in [1.54, 1.807) is 24.3 Å².